The molecule has 0 spiro atoms. The number of amides is 4. The zero-order chi connectivity index (χ0) is 68.8. The fraction of sp³-hybridized carbons (Fsp3) is 0.397. The van der Waals surface area contributed by atoms with Crippen molar-refractivity contribution in [2.45, 2.75) is 128 Å². The number of hydrogen-bond acceptors (Lipinski definition) is 23. The van der Waals surface area contributed by atoms with Gasteiger partial charge in [-0.2, -0.15) is 10.5 Å². The molecule has 504 valence electrons. The number of likely N-dealkylation sites (N-methyl/N-ethyl adjacent to an activating group) is 1. The maximum atomic E-state index is 13.9. The molecule has 0 radical (unpaired) electrons. The number of phenolic OH excluding ortho intramolecular Hbond substituents is 1. The molecule has 2 saturated heterocycles. The Morgan fingerprint density at radius 3 is 1.51 bits per heavy atom. The molecule has 10 atom stereocenters. The van der Waals surface area contributed by atoms with E-state index in [1.807, 2.05) is 33.9 Å². The molecule has 4 amide bonds. The summed E-state index contributed by atoms with van der Waals surface area (Å²) in [4.78, 5) is 89.3. The molecule has 98 heavy (non-hydrogen) atoms. The number of nitrogens with zero attached hydrogens (tertiary/aromatic N) is 7. The lowest BCUT2D eigenvalue weighted by Gasteiger charge is -2.60. The number of phenols is 1. The third-order valence-corrected chi connectivity index (χ3v) is 21.3. The van der Waals surface area contributed by atoms with Gasteiger partial charge >= 0.3 is 11.9 Å². The minimum Gasteiger partial charge on any atom is -0.504 e. The van der Waals surface area contributed by atoms with Crippen LogP contribution in [0.15, 0.2) is 60.7 Å². The lowest BCUT2D eigenvalue weighted by molar-refractivity contribution is -0.133. The number of carbonyl (C=O) groups is 6. The number of esters is 2. The van der Waals surface area contributed by atoms with Gasteiger partial charge in [0.05, 0.1) is 72.8 Å². The van der Waals surface area contributed by atoms with Crippen molar-refractivity contribution in [1.82, 2.24) is 29.8 Å². The second kappa shape index (κ2) is 24.1. The maximum absolute atomic E-state index is 13.9. The number of piperazine rings is 2. The van der Waals surface area contributed by atoms with Crippen LogP contribution in [0.4, 0.5) is 0 Å². The number of benzene rings is 6. The number of rotatable bonds is 11. The van der Waals surface area contributed by atoms with Gasteiger partial charge in [-0.25, -0.2) is 0 Å². The zero-order valence-electron chi connectivity index (χ0n) is 55.5. The van der Waals surface area contributed by atoms with E-state index >= 15 is 0 Å². The van der Waals surface area contributed by atoms with E-state index in [1.54, 1.807) is 69.7 Å². The van der Waals surface area contributed by atoms with Crippen LogP contribution in [0.25, 0.3) is 0 Å². The van der Waals surface area contributed by atoms with Gasteiger partial charge in [0.15, 0.2) is 52.8 Å². The second-order valence-corrected chi connectivity index (χ2v) is 26.3. The molecule has 16 rings (SSSR count). The summed E-state index contributed by atoms with van der Waals surface area (Å²) in [6.07, 6.45) is 1.64. The molecule has 0 aliphatic carbocycles. The van der Waals surface area contributed by atoms with Gasteiger partial charge in [-0.1, -0.05) is 36.4 Å². The van der Waals surface area contributed by atoms with Crippen LogP contribution in [0.2, 0.25) is 0 Å². The number of fused-ring (bicyclic) bond motifs is 20. The third kappa shape index (κ3) is 9.41. The average Bonchev–Trinajstić information content (AvgIpc) is 0.859. The van der Waals surface area contributed by atoms with Crippen molar-refractivity contribution in [2.24, 2.45) is 0 Å². The van der Waals surface area contributed by atoms with Gasteiger partial charge in [0.2, 0.25) is 13.6 Å². The molecule has 0 saturated carbocycles. The van der Waals surface area contributed by atoms with Crippen LogP contribution in [0.5, 0.6) is 57.5 Å². The summed E-state index contributed by atoms with van der Waals surface area (Å²) in [5.41, 5.74) is 10.3. The third-order valence-electron chi connectivity index (χ3n) is 21.3. The molecule has 10 aliphatic heterocycles. The average molecular weight is 1330 g/mol. The Labute approximate surface area is 563 Å². The Balaban J connectivity index is 0.000000161. The van der Waals surface area contributed by atoms with Gasteiger partial charge in [-0.15, -0.1) is 0 Å². The Morgan fingerprint density at radius 1 is 0.582 bits per heavy atom. The van der Waals surface area contributed by atoms with Crippen LogP contribution in [0, 0.1) is 50.4 Å². The molecule has 25 nitrogen and oxygen atoms in total. The number of imide groups is 2. The number of nitriles is 2. The summed E-state index contributed by atoms with van der Waals surface area (Å²) in [5.74, 6) is 1.25. The molecular formula is C73H70N8O17. The molecule has 6 aromatic rings. The normalized spacial score (nSPS) is 24.7. The number of hydrogen-bond donors (Lipinski definition) is 2. The van der Waals surface area contributed by atoms with Crippen molar-refractivity contribution in [3.63, 3.8) is 0 Å². The lowest BCUT2D eigenvalue weighted by atomic mass is 9.71. The Bertz CT molecular complexity index is 4530. The monoisotopic (exact) mass is 1330 g/mol. The van der Waals surface area contributed by atoms with E-state index in [0.29, 0.717) is 139 Å². The summed E-state index contributed by atoms with van der Waals surface area (Å²) in [5, 5.41) is 37.1. The van der Waals surface area contributed by atoms with Gasteiger partial charge in [0, 0.05) is 103 Å². The zero-order valence-corrected chi connectivity index (χ0v) is 55.5. The number of aryl methyl sites for hydroxylation is 2. The molecule has 4 unspecified atom stereocenters. The number of methoxy groups -OCH3 is 3. The van der Waals surface area contributed by atoms with Crippen LogP contribution in [0.3, 0.4) is 0 Å². The van der Waals surface area contributed by atoms with E-state index in [1.165, 1.54) is 30.8 Å². The highest BCUT2D eigenvalue weighted by molar-refractivity contribution is 6.22. The minimum absolute atomic E-state index is 0.00815. The predicted octanol–water partition coefficient (Wildman–Crippen LogP) is 7.41. The highest BCUT2D eigenvalue weighted by Gasteiger charge is 2.60. The van der Waals surface area contributed by atoms with E-state index in [-0.39, 0.29) is 57.3 Å². The molecule has 10 heterocycles. The summed E-state index contributed by atoms with van der Waals surface area (Å²) in [6, 6.07) is 17.5. The van der Waals surface area contributed by atoms with Crippen molar-refractivity contribution in [3.05, 3.63) is 150 Å². The van der Waals surface area contributed by atoms with E-state index in [9.17, 15) is 44.4 Å². The highest BCUT2D eigenvalue weighted by atomic mass is 16.7. The number of carbonyl (C=O) groups excluding carboxylic acids is 6. The Morgan fingerprint density at radius 2 is 1.04 bits per heavy atom. The largest absolute Gasteiger partial charge is 0.504 e. The molecular weight excluding hydrogens is 1260 g/mol. The lowest BCUT2D eigenvalue weighted by Crippen LogP contribution is -2.69. The van der Waals surface area contributed by atoms with Crippen LogP contribution >= 0.6 is 0 Å². The molecule has 6 aromatic carbocycles. The van der Waals surface area contributed by atoms with Crippen LogP contribution in [-0.2, 0) is 40.0 Å². The second-order valence-electron chi connectivity index (χ2n) is 26.3. The van der Waals surface area contributed by atoms with Gasteiger partial charge in [-0.05, 0) is 107 Å². The van der Waals surface area contributed by atoms with Crippen LogP contribution in [0.1, 0.15) is 146 Å². The first-order valence-corrected chi connectivity index (χ1v) is 32.5. The maximum Gasteiger partial charge on any atom is 0.308 e. The molecule has 2 N–H and O–H groups in total. The molecule has 2 fully saturated rings. The standard InChI is InChI=1S/C38H38N4O9.C35H32N4O8/c1-18-11-21-12-25-27(14-39)42-26(31(40(25)4)29(21)35(32(18)47-6)48-16-46-5)13-24-30(36-34(49-17-50-36)19(2)33(24)51-20(3)43)28(42)15-41-37(44)22-9-7-8-10-23(22)38(41)45;1-15-9-18-10-22-24(12-36)39-23(28(37-22)26(18)29(41)30(15)44-4)11-21-27(33-32(45-14-46-33)16(2)31(21)47-17(3)40)25(39)13-38-34(42)19-7-5-6-8-20(19)35(38)43/h7-11,25-28,31H,12-13,15-17H2,1-6H3;5-9,22-25,28,37,41H,10-11,13-14H2,1-4H3/t25-,26?,27?,28-,31-;22-,23?,24?,25-,28-/m00/s1. The Hall–Kier alpha value is -10.3. The molecule has 25 heteroatoms. The van der Waals surface area contributed by atoms with Crippen molar-refractivity contribution in [1.29, 1.82) is 10.5 Å². The van der Waals surface area contributed by atoms with E-state index in [2.05, 4.69) is 38.2 Å². The summed E-state index contributed by atoms with van der Waals surface area (Å²) in [6.45, 7) is 9.81. The first-order chi connectivity index (χ1) is 47.2. The number of ether oxygens (including phenoxy) is 10. The number of nitrogens with one attached hydrogen (secondary N) is 1. The summed E-state index contributed by atoms with van der Waals surface area (Å²) in [7, 11) is 6.69. The fourth-order valence-electron chi connectivity index (χ4n) is 17.6. The van der Waals surface area contributed by atoms with Crippen LogP contribution in [-0.4, -0.2) is 163 Å². The first-order valence-electron chi connectivity index (χ1n) is 32.5. The van der Waals surface area contributed by atoms with E-state index < -0.39 is 77.9 Å². The summed E-state index contributed by atoms with van der Waals surface area (Å²) < 4.78 is 59.0. The Kier molecular flexibility index (Phi) is 15.7. The minimum atomic E-state index is -0.746. The van der Waals surface area contributed by atoms with Gasteiger partial charge < -0.3 is 57.8 Å². The van der Waals surface area contributed by atoms with Crippen molar-refractivity contribution in [3.8, 4) is 69.6 Å². The summed E-state index contributed by atoms with van der Waals surface area (Å²) >= 11 is 0. The van der Waals surface area contributed by atoms with Crippen molar-refractivity contribution in [2.75, 3.05) is 61.8 Å². The smallest absolute Gasteiger partial charge is 0.308 e. The van der Waals surface area contributed by atoms with Gasteiger partial charge in [0.25, 0.3) is 23.6 Å². The number of aromatic hydroxyl groups is 1. The van der Waals surface area contributed by atoms with Gasteiger partial charge in [-0.3, -0.25) is 53.3 Å². The van der Waals surface area contributed by atoms with Crippen molar-refractivity contribution >= 4 is 35.6 Å². The first kappa shape index (κ1) is 63.8. The van der Waals surface area contributed by atoms with Crippen LogP contribution < -0.4 is 47.9 Å². The topological polar surface area (TPSA) is 291 Å². The molecule has 4 bridgehead atoms. The van der Waals surface area contributed by atoms with Crippen molar-refractivity contribution < 1.29 is 81.2 Å². The quantitative estimate of drug-likeness (QED) is 0.0552. The van der Waals surface area contributed by atoms with Gasteiger partial charge in [0.1, 0.15) is 23.6 Å². The fourth-order valence-corrected chi connectivity index (χ4v) is 17.6. The van der Waals surface area contributed by atoms with E-state index in [0.717, 1.165) is 27.8 Å². The van der Waals surface area contributed by atoms with E-state index in [4.69, 9.17) is 47.4 Å². The highest BCUT2D eigenvalue weighted by Crippen LogP contribution is 2.61. The molecule has 10 aliphatic rings. The SMILES string of the molecule is COCOc1c(OC)c(C)cc2c1[C@@H]1C3Cc4c(OC(C)=O)c(C)c5c(c4[C@H](CN4C(=O)c6ccccc6C4=O)N3C(C#N)[C@H](C2)N1C)OCO5.COc1c(C)cc2c(c1O)[C@H]1N[C@@H](C2)C(C#N)N2C1Cc1c(OC(C)=O)c(C)c3c(c1[C@@H]2CN1C(=O)c2ccccc2C1=O)OCO3. The molecule has 0 aromatic heterocycles. The predicted molar refractivity (Wildman–Crippen MR) is 345 cm³/mol.